The van der Waals surface area contributed by atoms with Gasteiger partial charge in [0.1, 0.15) is 12.2 Å². The van der Waals surface area contributed by atoms with Gasteiger partial charge in [-0.1, -0.05) is 6.92 Å². The summed E-state index contributed by atoms with van der Waals surface area (Å²) < 4.78 is 1.79. The van der Waals surface area contributed by atoms with Gasteiger partial charge in [-0.15, -0.1) is 0 Å². The minimum Gasteiger partial charge on any atom is -0.328 e. The Bertz CT molecular complexity index is 241. The smallest absolute Gasteiger partial charge is 0.138 e. The van der Waals surface area contributed by atoms with E-state index >= 15 is 0 Å². The lowest BCUT2D eigenvalue weighted by molar-refractivity contribution is 0.461. The Labute approximate surface area is 72.8 Å². The first-order valence-electron chi connectivity index (χ1n) is 4.19. The minimum absolute atomic E-state index is 0.210. The molecule has 2 unspecified atom stereocenters. The maximum Gasteiger partial charge on any atom is 0.138 e. The van der Waals surface area contributed by atoms with Crippen LogP contribution in [0.25, 0.3) is 0 Å². The zero-order valence-corrected chi connectivity index (χ0v) is 7.86. The van der Waals surface area contributed by atoms with Crippen LogP contribution in [0, 0.1) is 5.92 Å². The fourth-order valence-electron chi connectivity index (χ4n) is 0.979. The molecule has 0 saturated carbocycles. The van der Waals surface area contributed by atoms with Crippen LogP contribution in [0.1, 0.15) is 19.7 Å². The van der Waals surface area contributed by atoms with Crippen molar-refractivity contribution in [1.82, 2.24) is 14.8 Å². The highest BCUT2D eigenvalue weighted by Gasteiger charge is 2.11. The van der Waals surface area contributed by atoms with Crippen molar-refractivity contribution in [2.45, 2.75) is 26.3 Å². The number of hydrogen-bond acceptors (Lipinski definition) is 3. The Morgan fingerprint density at radius 2 is 2.25 bits per heavy atom. The molecule has 1 aromatic rings. The molecule has 12 heavy (non-hydrogen) atoms. The normalized spacial score (nSPS) is 16.0. The van der Waals surface area contributed by atoms with E-state index in [1.165, 1.54) is 0 Å². The molecule has 68 valence electrons. The van der Waals surface area contributed by atoms with Gasteiger partial charge in [0.15, 0.2) is 0 Å². The third-order valence-electron chi connectivity index (χ3n) is 2.21. The number of hydrogen-bond donors (Lipinski definition) is 1. The van der Waals surface area contributed by atoms with Gasteiger partial charge in [0.2, 0.25) is 0 Å². The zero-order valence-electron chi connectivity index (χ0n) is 7.86. The largest absolute Gasteiger partial charge is 0.328 e. The second kappa shape index (κ2) is 3.67. The Balaban J connectivity index is 2.58. The van der Waals surface area contributed by atoms with Crippen LogP contribution < -0.4 is 5.73 Å². The maximum atomic E-state index is 5.75. The van der Waals surface area contributed by atoms with Crippen LogP contribution in [0.15, 0.2) is 6.33 Å². The summed E-state index contributed by atoms with van der Waals surface area (Å²) in [5.74, 6) is 1.45. The molecule has 0 spiro atoms. The molecule has 0 amide bonds. The average Bonchev–Trinajstić information content (AvgIpc) is 2.36. The zero-order chi connectivity index (χ0) is 9.14. The molecule has 2 atom stereocenters. The van der Waals surface area contributed by atoms with E-state index in [0.29, 0.717) is 5.92 Å². The van der Waals surface area contributed by atoms with Crippen molar-refractivity contribution in [2.75, 3.05) is 0 Å². The van der Waals surface area contributed by atoms with E-state index in [2.05, 4.69) is 17.0 Å². The van der Waals surface area contributed by atoms with Gasteiger partial charge in [-0.05, 0) is 12.8 Å². The van der Waals surface area contributed by atoms with Gasteiger partial charge in [0, 0.05) is 19.5 Å². The van der Waals surface area contributed by atoms with Crippen LogP contribution in [0.5, 0.6) is 0 Å². The molecule has 0 aromatic carbocycles. The summed E-state index contributed by atoms with van der Waals surface area (Å²) >= 11 is 0. The monoisotopic (exact) mass is 168 g/mol. The number of rotatable bonds is 3. The molecule has 1 aromatic heterocycles. The highest BCUT2D eigenvalue weighted by molar-refractivity contribution is 4.87. The molecular formula is C8H16N4. The summed E-state index contributed by atoms with van der Waals surface area (Å²) in [6, 6.07) is 0.210. The molecule has 1 rings (SSSR count). The lowest BCUT2D eigenvalue weighted by Crippen LogP contribution is -2.26. The first kappa shape index (κ1) is 9.19. The number of nitrogens with zero attached hydrogens (tertiary/aromatic N) is 3. The Hall–Kier alpha value is -0.900. The van der Waals surface area contributed by atoms with E-state index < -0.39 is 0 Å². The second-order valence-corrected chi connectivity index (χ2v) is 3.34. The predicted octanol–water partition coefficient (Wildman–Crippen LogP) is 0.341. The van der Waals surface area contributed by atoms with E-state index in [0.717, 1.165) is 12.2 Å². The van der Waals surface area contributed by atoms with E-state index in [1.54, 1.807) is 11.0 Å². The van der Waals surface area contributed by atoms with Crippen LogP contribution >= 0.6 is 0 Å². The number of nitrogens with two attached hydrogens (primary N) is 1. The van der Waals surface area contributed by atoms with Gasteiger partial charge < -0.3 is 5.73 Å². The van der Waals surface area contributed by atoms with E-state index in [-0.39, 0.29) is 6.04 Å². The van der Waals surface area contributed by atoms with Crippen LogP contribution in [-0.4, -0.2) is 20.8 Å². The van der Waals surface area contributed by atoms with Crippen LogP contribution in [0.2, 0.25) is 0 Å². The molecule has 1 heterocycles. The van der Waals surface area contributed by atoms with Crippen molar-refractivity contribution in [3.8, 4) is 0 Å². The molecule has 0 fully saturated rings. The van der Waals surface area contributed by atoms with E-state index in [4.69, 9.17) is 5.73 Å². The molecular weight excluding hydrogens is 152 g/mol. The number of aryl methyl sites for hydroxylation is 1. The van der Waals surface area contributed by atoms with Gasteiger partial charge in [-0.2, -0.15) is 5.10 Å². The summed E-state index contributed by atoms with van der Waals surface area (Å²) in [4.78, 5) is 4.13. The van der Waals surface area contributed by atoms with E-state index in [9.17, 15) is 0 Å². The number of aromatic nitrogens is 3. The summed E-state index contributed by atoms with van der Waals surface area (Å²) in [5, 5.41) is 3.99. The summed E-state index contributed by atoms with van der Waals surface area (Å²) in [6.07, 6.45) is 2.47. The van der Waals surface area contributed by atoms with Crippen molar-refractivity contribution in [2.24, 2.45) is 18.7 Å². The van der Waals surface area contributed by atoms with Gasteiger partial charge >= 0.3 is 0 Å². The Morgan fingerprint density at radius 1 is 1.58 bits per heavy atom. The lowest BCUT2D eigenvalue weighted by Gasteiger charge is -2.13. The Kier molecular flexibility index (Phi) is 2.81. The van der Waals surface area contributed by atoms with Gasteiger partial charge in [0.25, 0.3) is 0 Å². The molecule has 0 aliphatic rings. The fraction of sp³-hybridized carbons (Fsp3) is 0.750. The first-order chi connectivity index (χ1) is 5.61. The quantitative estimate of drug-likeness (QED) is 0.708. The Morgan fingerprint density at radius 3 is 2.67 bits per heavy atom. The van der Waals surface area contributed by atoms with Gasteiger partial charge in [-0.25, -0.2) is 4.98 Å². The van der Waals surface area contributed by atoms with Crippen LogP contribution in [0.4, 0.5) is 0 Å². The summed E-state index contributed by atoms with van der Waals surface area (Å²) in [5.41, 5.74) is 5.75. The molecule has 2 N–H and O–H groups in total. The van der Waals surface area contributed by atoms with Crippen molar-refractivity contribution >= 4 is 0 Å². The molecule has 0 aliphatic carbocycles. The SMILES string of the molecule is CC(N)C(C)Cc1ncnn1C. The maximum absolute atomic E-state index is 5.75. The molecule has 0 bridgehead atoms. The predicted molar refractivity (Wildman–Crippen MR) is 47.5 cm³/mol. The molecule has 4 nitrogen and oxygen atoms in total. The fourth-order valence-corrected chi connectivity index (χ4v) is 0.979. The highest BCUT2D eigenvalue weighted by Crippen LogP contribution is 2.06. The minimum atomic E-state index is 0.210. The van der Waals surface area contributed by atoms with Crippen molar-refractivity contribution < 1.29 is 0 Å². The van der Waals surface area contributed by atoms with Gasteiger partial charge in [0.05, 0.1) is 0 Å². The molecule has 0 radical (unpaired) electrons. The molecule has 0 saturated heterocycles. The first-order valence-corrected chi connectivity index (χ1v) is 4.19. The second-order valence-electron chi connectivity index (χ2n) is 3.34. The van der Waals surface area contributed by atoms with Crippen LogP contribution in [0.3, 0.4) is 0 Å². The van der Waals surface area contributed by atoms with E-state index in [1.807, 2.05) is 14.0 Å². The van der Waals surface area contributed by atoms with Crippen molar-refractivity contribution in [1.29, 1.82) is 0 Å². The standard InChI is InChI=1S/C8H16N4/c1-6(7(2)9)4-8-10-5-11-12(8)3/h5-7H,4,9H2,1-3H3. The van der Waals surface area contributed by atoms with Crippen molar-refractivity contribution in [3.63, 3.8) is 0 Å². The van der Waals surface area contributed by atoms with Gasteiger partial charge in [-0.3, -0.25) is 4.68 Å². The van der Waals surface area contributed by atoms with Crippen LogP contribution in [-0.2, 0) is 13.5 Å². The molecule has 0 aliphatic heterocycles. The topological polar surface area (TPSA) is 56.7 Å². The lowest BCUT2D eigenvalue weighted by atomic mass is 10.0. The molecule has 4 heteroatoms. The average molecular weight is 168 g/mol. The highest BCUT2D eigenvalue weighted by atomic mass is 15.3. The third kappa shape index (κ3) is 2.04. The summed E-state index contributed by atoms with van der Waals surface area (Å²) in [7, 11) is 1.90. The summed E-state index contributed by atoms with van der Waals surface area (Å²) in [6.45, 7) is 4.14. The third-order valence-corrected chi connectivity index (χ3v) is 2.21. The van der Waals surface area contributed by atoms with Crippen molar-refractivity contribution in [3.05, 3.63) is 12.2 Å².